The highest BCUT2D eigenvalue weighted by atomic mass is 16.1. The molecule has 156 valence electrons. The van der Waals surface area contributed by atoms with Crippen LogP contribution in [0.25, 0.3) is 21.9 Å². The van der Waals surface area contributed by atoms with Gasteiger partial charge in [-0.2, -0.15) is 5.10 Å². The third-order valence-corrected chi connectivity index (χ3v) is 5.52. The number of anilines is 1. The fraction of sp³-hybridized carbons (Fsp3) is 0.217. The largest absolute Gasteiger partial charge is 0.355 e. The number of aryl methyl sites for hydroxylation is 2. The van der Waals surface area contributed by atoms with Crippen molar-refractivity contribution in [2.75, 3.05) is 11.9 Å². The van der Waals surface area contributed by atoms with E-state index in [9.17, 15) is 4.79 Å². The third kappa shape index (κ3) is 3.35. The first-order valence-electron chi connectivity index (χ1n) is 10.1. The number of aromatic nitrogens is 6. The predicted octanol–water partition coefficient (Wildman–Crippen LogP) is 2.70. The molecule has 5 rings (SSSR count). The van der Waals surface area contributed by atoms with E-state index in [2.05, 4.69) is 10.00 Å². The minimum atomic E-state index is -0.0803. The third-order valence-electron chi connectivity index (χ3n) is 5.52. The lowest BCUT2D eigenvalue weighted by Gasteiger charge is -2.20. The van der Waals surface area contributed by atoms with Gasteiger partial charge in [0.2, 0.25) is 0 Å². The minimum Gasteiger partial charge on any atom is -0.355 e. The van der Waals surface area contributed by atoms with E-state index in [4.69, 9.17) is 9.97 Å². The van der Waals surface area contributed by atoms with Gasteiger partial charge in [-0.3, -0.25) is 13.8 Å². The Bertz CT molecular complexity index is 1460. The van der Waals surface area contributed by atoms with Gasteiger partial charge < -0.3 is 4.90 Å². The minimum absolute atomic E-state index is 0.0803. The zero-order valence-corrected chi connectivity index (χ0v) is 17.7. The van der Waals surface area contributed by atoms with Crippen LogP contribution in [0.3, 0.4) is 0 Å². The summed E-state index contributed by atoms with van der Waals surface area (Å²) in [6.45, 7) is 0.973. The van der Waals surface area contributed by atoms with Crippen LogP contribution in [0, 0.1) is 0 Å². The molecule has 0 N–H and O–H groups in total. The fourth-order valence-electron chi connectivity index (χ4n) is 4.03. The normalized spacial score (nSPS) is 11.5. The first kappa shape index (κ1) is 19.0. The van der Waals surface area contributed by atoms with Crippen molar-refractivity contribution in [3.8, 4) is 0 Å². The summed E-state index contributed by atoms with van der Waals surface area (Å²) in [6.07, 6.45) is 3.85. The van der Waals surface area contributed by atoms with Gasteiger partial charge in [-0.15, -0.1) is 0 Å². The number of imidazole rings is 1. The van der Waals surface area contributed by atoms with E-state index >= 15 is 0 Å². The van der Waals surface area contributed by atoms with Gasteiger partial charge in [-0.05, 0) is 24.3 Å². The van der Waals surface area contributed by atoms with E-state index in [-0.39, 0.29) is 5.69 Å². The van der Waals surface area contributed by atoms with Crippen LogP contribution >= 0.6 is 0 Å². The molecule has 0 unspecified atom stereocenters. The highest BCUT2D eigenvalue weighted by Gasteiger charge is 2.16. The summed E-state index contributed by atoms with van der Waals surface area (Å²) in [5, 5.41) is 5.23. The average Bonchev–Trinajstić information content (AvgIpc) is 3.29. The molecule has 2 aromatic carbocycles. The Morgan fingerprint density at radius 2 is 1.71 bits per heavy atom. The first-order valence-corrected chi connectivity index (χ1v) is 10.1. The number of rotatable bonds is 5. The van der Waals surface area contributed by atoms with Crippen LogP contribution in [-0.2, 0) is 27.2 Å². The Balaban J connectivity index is 1.59. The number of fused-ring (bicyclic) bond motifs is 2. The van der Waals surface area contributed by atoms with Gasteiger partial charge in [0.1, 0.15) is 5.82 Å². The van der Waals surface area contributed by atoms with Gasteiger partial charge in [-0.25, -0.2) is 14.8 Å². The van der Waals surface area contributed by atoms with E-state index in [1.165, 1.54) is 0 Å². The lowest BCUT2D eigenvalue weighted by atomic mass is 10.2. The molecule has 8 heteroatoms. The molecule has 3 aromatic heterocycles. The molecule has 0 fully saturated rings. The van der Waals surface area contributed by atoms with E-state index in [0.717, 1.165) is 33.3 Å². The molecular weight excluding hydrogens is 390 g/mol. The highest BCUT2D eigenvalue weighted by molar-refractivity contribution is 5.89. The van der Waals surface area contributed by atoms with Crippen molar-refractivity contribution in [1.82, 2.24) is 28.9 Å². The molecule has 0 saturated heterocycles. The lowest BCUT2D eigenvalue weighted by Crippen LogP contribution is -2.24. The van der Waals surface area contributed by atoms with Gasteiger partial charge in [0.05, 0.1) is 29.3 Å². The summed E-state index contributed by atoms with van der Waals surface area (Å²) in [6, 6.07) is 15.7. The second-order valence-corrected chi connectivity index (χ2v) is 7.78. The van der Waals surface area contributed by atoms with Crippen molar-refractivity contribution in [3.05, 3.63) is 82.8 Å². The molecule has 3 heterocycles. The van der Waals surface area contributed by atoms with Gasteiger partial charge in [0.25, 0.3) is 0 Å². The van der Waals surface area contributed by atoms with Crippen LogP contribution < -0.4 is 10.6 Å². The summed E-state index contributed by atoms with van der Waals surface area (Å²) < 4.78 is 5.18. The fourth-order valence-corrected chi connectivity index (χ4v) is 4.03. The smallest absolute Gasteiger partial charge is 0.329 e. The number of benzene rings is 2. The van der Waals surface area contributed by atoms with E-state index < -0.39 is 0 Å². The molecule has 0 saturated carbocycles. The van der Waals surface area contributed by atoms with Crippen LogP contribution in [0.4, 0.5) is 5.82 Å². The summed E-state index contributed by atoms with van der Waals surface area (Å²) >= 11 is 0. The van der Waals surface area contributed by atoms with E-state index in [0.29, 0.717) is 18.9 Å². The van der Waals surface area contributed by atoms with E-state index in [1.54, 1.807) is 20.9 Å². The Morgan fingerprint density at radius 1 is 0.968 bits per heavy atom. The standard InChI is InChI=1S/C23H23N7O/c1-27(13-16-12-24-28(2)14-16)22-17-8-4-5-9-18(17)25-21(26-22)15-30-20-11-7-6-10-19(20)29(3)23(30)31/h4-12,14H,13,15H2,1-3H3. The molecule has 0 aliphatic rings. The Hall–Kier alpha value is -3.94. The zero-order chi connectivity index (χ0) is 21.5. The maximum Gasteiger partial charge on any atom is 0.329 e. The SMILES string of the molecule is CN(Cc1cnn(C)c1)c1nc(Cn2c(=O)n(C)c3ccccc32)nc2ccccc12. The molecule has 0 radical (unpaired) electrons. The van der Waals surface area contributed by atoms with Crippen LogP contribution in [0.15, 0.2) is 65.7 Å². The molecule has 0 spiro atoms. The summed E-state index contributed by atoms with van der Waals surface area (Å²) in [4.78, 5) is 24.6. The first-order chi connectivity index (χ1) is 15.0. The van der Waals surface area contributed by atoms with Crippen molar-refractivity contribution in [3.63, 3.8) is 0 Å². The molecule has 8 nitrogen and oxygen atoms in total. The van der Waals surface area contributed by atoms with Crippen LogP contribution in [0.1, 0.15) is 11.4 Å². The molecule has 5 aromatic rings. The maximum absolute atomic E-state index is 12.9. The monoisotopic (exact) mass is 413 g/mol. The number of hydrogen-bond acceptors (Lipinski definition) is 5. The number of nitrogens with zero attached hydrogens (tertiary/aromatic N) is 7. The van der Waals surface area contributed by atoms with Gasteiger partial charge in [0.15, 0.2) is 5.82 Å². The summed E-state index contributed by atoms with van der Waals surface area (Å²) in [7, 11) is 5.70. The topological polar surface area (TPSA) is 73.8 Å². The molecule has 31 heavy (non-hydrogen) atoms. The summed E-state index contributed by atoms with van der Waals surface area (Å²) in [5.41, 5.74) is 3.63. The highest BCUT2D eigenvalue weighted by Crippen LogP contribution is 2.25. The van der Waals surface area contributed by atoms with Crippen LogP contribution in [0.5, 0.6) is 0 Å². The maximum atomic E-state index is 12.9. The van der Waals surface area contributed by atoms with Crippen LogP contribution in [0.2, 0.25) is 0 Å². The predicted molar refractivity (Wildman–Crippen MR) is 121 cm³/mol. The molecule has 0 amide bonds. The zero-order valence-electron chi connectivity index (χ0n) is 17.7. The lowest BCUT2D eigenvalue weighted by molar-refractivity contribution is 0.704. The molecule has 0 atom stereocenters. The summed E-state index contributed by atoms with van der Waals surface area (Å²) in [5.74, 6) is 1.43. The van der Waals surface area contributed by atoms with E-state index in [1.807, 2.05) is 75.0 Å². The number of para-hydroxylation sites is 3. The Labute approximate surface area is 179 Å². The second-order valence-electron chi connectivity index (χ2n) is 7.78. The molecule has 0 aliphatic carbocycles. The molecule has 0 bridgehead atoms. The average molecular weight is 413 g/mol. The number of hydrogen-bond donors (Lipinski definition) is 0. The second kappa shape index (κ2) is 7.39. The van der Waals surface area contributed by atoms with Gasteiger partial charge in [-0.1, -0.05) is 24.3 Å². The van der Waals surface area contributed by atoms with Crippen molar-refractivity contribution >= 4 is 27.8 Å². The van der Waals surface area contributed by atoms with Crippen molar-refractivity contribution < 1.29 is 0 Å². The van der Waals surface area contributed by atoms with Gasteiger partial charge in [0, 0.05) is 44.8 Å². The quantitative estimate of drug-likeness (QED) is 0.443. The molecule has 0 aliphatic heterocycles. The Kier molecular flexibility index (Phi) is 4.54. The molecular formula is C23H23N7O. The van der Waals surface area contributed by atoms with Crippen LogP contribution in [-0.4, -0.2) is 35.9 Å². The Morgan fingerprint density at radius 3 is 2.48 bits per heavy atom. The van der Waals surface area contributed by atoms with Gasteiger partial charge >= 0.3 is 5.69 Å². The van der Waals surface area contributed by atoms with Crippen molar-refractivity contribution in [1.29, 1.82) is 0 Å². The van der Waals surface area contributed by atoms with Crippen molar-refractivity contribution in [2.24, 2.45) is 14.1 Å². The van der Waals surface area contributed by atoms with Crippen molar-refractivity contribution in [2.45, 2.75) is 13.1 Å².